The summed E-state index contributed by atoms with van der Waals surface area (Å²) in [5.41, 5.74) is -0.446. The highest BCUT2D eigenvalue weighted by Crippen LogP contribution is 2.33. The Bertz CT molecular complexity index is 1130. The first kappa shape index (κ1) is 26.9. The number of anilines is 1. The first-order chi connectivity index (χ1) is 16.4. The second-order valence-corrected chi connectivity index (χ2v) is 10.6. The van der Waals surface area contributed by atoms with Gasteiger partial charge in [0.15, 0.2) is 0 Å². The van der Waals surface area contributed by atoms with E-state index < -0.39 is 38.7 Å². The first-order valence-corrected chi connectivity index (χ1v) is 12.8. The van der Waals surface area contributed by atoms with Crippen LogP contribution < -0.4 is 5.32 Å². The number of hydrogen-bond acceptors (Lipinski definition) is 4. The lowest BCUT2D eigenvalue weighted by Gasteiger charge is -2.39. The first-order valence-electron chi connectivity index (χ1n) is 11.4. The number of piperidine rings is 1. The molecule has 3 rings (SSSR count). The third kappa shape index (κ3) is 6.72. The molecule has 11 heteroatoms. The van der Waals surface area contributed by atoms with Crippen LogP contribution in [0.15, 0.2) is 53.4 Å². The molecule has 1 fully saturated rings. The number of halogens is 4. The quantitative estimate of drug-likeness (QED) is 0.516. The zero-order valence-corrected chi connectivity index (χ0v) is 20.4. The monoisotopic (exact) mass is 515 g/mol. The molecule has 1 aliphatic rings. The Morgan fingerprint density at radius 3 is 2.37 bits per heavy atom. The largest absolute Gasteiger partial charge is 0.416 e. The van der Waals surface area contributed by atoms with Crippen molar-refractivity contribution in [3.8, 4) is 0 Å². The molecule has 0 spiro atoms. The number of alkyl halides is 3. The van der Waals surface area contributed by atoms with Crippen molar-refractivity contribution in [1.82, 2.24) is 9.21 Å². The molecule has 0 saturated carbocycles. The van der Waals surface area contributed by atoms with E-state index in [0.717, 1.165) is 12.1 Å². The van der Waals surface area contributed by atoms with Crippen LogP contribution in [0.4, 0.5) is 23.2 Å². The van der Waals surface area contributed by atoms with Gasteiger partial charge >= 0.3 is 6.18 Å². The van der Waals surface area contributed by atoms with Gasteiger partial charge in [0.1, 0.15) is 5.82 Å². The number of carbonyl (C=O) groups is 1. The van der Waals surface area contributed by atoms with Crippen LogP contribution in [0.2, 0.25) is 0 Å². The third-order valence-corrected chi connectivity index (χ3v) is 8.04. The van der Waals surface area contributed by atoms with Crippen molar-refractivity contribution in [2.24, 2.45) is 0 Å². The van der Waals surface area contributed by atoms with Crippen LogP contribution in [0.25, 0.3) is 0 Å². The van der Waals surface area contributed by atoms with Crippen LogP contribution in [-0.4, -0.2) is 55.2 Å². The molecule has 0 atom stereocenters. The number of hydrogen-bond donors (Lipinski definition) is 1. The summed E-state index contributed by atoms with van der Waals surface area (Å²) in [5, 5.41) is 3.00. The predicted molar refractivity (Wildman–Crippen MR) is 125 cm³/mol. The van der Waals surface area contributed by atoms with E-state index in [9.17, 15) is 30.8 Å². The Hall–Kier alpha value is -2.66. The Morgan fingerprint density at radius 1 is 1.11 bits per heavy atom. The minimum absolute atomic E-state index is 0.107. The number of carbonyl (C=O) groups excluding carboxylic acids is 1. The zero-order valence-electron chi connectivity index (χ0n) is 19.6. The third-order valence-electron chi connectivity index (χ3n) is 5.92. The van der Waals surface area contributed by atoms with Crippen LogP contribution in [0.5, 0.6) is 0 Å². The summed E-state index contributed by atoms with van der Waals surface area (Å²) in [6, 6.07) is 8.78. The normalized spacial score (nSPS) is 15.6. The highest BCUT2D eigenvalue weighted by molar-refractivity contribution is 7.89. The summed E-state index contributed by atoms with van der Waals surface area (Å²) in [7, 11) is -4.18. The van der Waals surface area contributed by atoms with Gasteiger partial charge in [-0.15, -0.1) is 0 Å². The molecule has 0 bridgehead atoms. The Labute approximate surface area is 203 Å². The number of benzene rings is 2. The van der Waals surface area contributed by atoms with Crippen molar-refractivity contribution in [2.75, 3.05) is 25.0 Å². The molecule has 1 amide bonds. The van der Waals surface area contributed by atoms with E-state index >= 15 is 0 Å². The van der Waals surface area contributed by atoms with Crippen LogP contribution in [0.1, 0.15) is 38.7 Å². The minimum Gasteiger partial charge on any atom is -0.384 e. The topological polar surface area (TPSA) is 69.7 Å². The fourth-order valence-corrected chi connectivity index (χ4v) is 6.22. The maximum atomic E-state index is 13.3. The van der Waals surface area contributed by atoms with Crippen molar-refractivity contribution in [2.45, 2.75) is 56.3 Å². The number of amides is 1. The van der Waals surface area contributed by atoms with Gasteiger partial charge in [-0.1, -0.05) is 12.1 Å². The Balaban J connectivity index is 1.62. The molecule has 0 radical (unpaired) electrons. The van der Waals surface area contributed by atoms with E-state index in [4.69, 9.17) is 0 Å². The van der Waals surface area contributed by atoms with Crippen LogP contribution in [0.3, 0.4) is 0 Å². The fourth-order valence-electron chi connectivity index (χ4n) is 4.29. The standard InChI is InChI=1S/C24H29F4N3O3S/c1-17(2)31(35(33,34)22-8-3-5-18(15-22)24(26,27)28)21-10-13-30(14-11-21)23(32)9-12-29-20-7-4-6-19(25)16-20/h3-8,15-17,21,29H,9-14H2,1-2H3. The average molecular weight is 516 g/mol. The Kier molecular flexibility index (Phi) is 8.42. The van der Waals surface area contributed by atoms with Crippen molar-refractivity contribution in [3.63, 3.8) is 0 Å². The van der Waals surface area contributed by atoms with Gasteiger partial charge in [0, 0.05) is 43.8 Å². The van der Waals surface area contributed by atoms with Gasteiger partial charge in [-0.2, -0.15) is 17.5 Å². The van der Waals surface area contributed by atoms with E-state index in [1.807, 2.05) is 0 Å². The number of sulfonamides is 1. The van der Waals surface area contributed by atoms with Crippen LogP contribution in [0, 0.1) is 5.82 Å². The van der Waals surface area contributed by atoms with Crippen molar-refractivity contribution < 1.29 is 30.8 Å². The number of rotatable bonds is 8. The minimum atomic E-state index is -4.65. The molecule has 0 aromatic heterocycles. The molecule has 1 aliphatic heterocycles. The molecule has 192 valence electrons. The molecule has 6 nitrogen and oxygen atoms in total. The lowest BCUT2D eigenvalue weighted by atomic mass is 10.0. The summed E-state index contributed by atoms with van der Waals surface area (Å²) < 4.78 is 80.5. The molecular weight excluding hydrogens is 486 g/mol. The zero-order chi connectivity index (χ0) is 25.8. The molecule has 1 N–H and O–H groups in total. The molecule has 2 aromatic carbocycles. The highest BCUT2D eigenvalue weighted by Gasteiger charge is 2.38. The summed E-state index contributed by atoms with van der Waals surface area (Å²) in [5.74, 6) is -0.484. The summed E-state index contributed by atoms with van der Waals surface area (Å²) >= 11 is 0. The molecule has 2 aromatic rings. The van der Waals surface area contributed by atoms with Gasteiger partial charge < -0.3 is 10.2 Å². The van der Waals surface area contributed by atoms with Gasteiger partial charge in [-0.3, -0.25) is 4.79 Å². The predicted octanol–water partition coefficient (Wildman–Crippen LogP) is 4.74. The van der Waals surface area contributed by atoms with Crippen LogP contribution >= 0.6 is 0 Å². The van der Waals surface area contributed by atoms with Gasteiger partial charge in [0.05, 0.1) is 10.5 Å². The lowest BCUT2D eigenvalue weighted by molar-refractivity contribution is -0.137. The van der Waals surface area contributed by atoms with E-state index in [1.54, 1.807) is 30.9 Å². The molecule has 1 saturated heterocycles. The summed E-state index contributed by atoms with van der Waals surface area (Å²) in [4.78, 5) is 13.8. The maximum absolute atomic E-state index is 13.3. The number of likely N-dealkylation sites (tertiary alicyclic amines) is 1. The van der Waals surface area contributed by atoms with E-state index in [1.165, 1.54) is 22.5 Å². The molecule has 0 unspecified atom stereocenters. The van der Waals surface area contributed by atoms with Crippen LogP contribution in [-0.2, 0) is 21.0 Å². The van der Waals surface area contributed by atoms with Gasteiger partial charge in [0.2, 0.25) is 15.9 Å². The van der Waals surface area contributed by atoms with Crippen molar-refractivity contribution >= 4 is 21.6 Å². The molecule has 1 heterocycles. The smallest absolute Gasteiger partial charge is 0.384 e. The highest BCUT2D eigenvalue weighted by atomic mass is 32.2. The lowest BCUT2D eigenvalue weighted by Crippen LogP contribution is -2.51. The van der Waals surface area contributed by atoms with Gasteiger partial charge in [0.25, 0.3) is 0 Å². The van der Waals surface area contributed by atoms with Crippen molar-refractivity contribution in [1.29, 1.82) is 0 Å². The van der Waals surface area contributed by atoms with E-state index in [-0.39, 0.29) is 18.1 Å². The number of nitrogens with zero attached hydrogens (tertiary/aromatic N) is 2. The Morgan fingerprint density at radius 2 is 1.77 bits per heavy atom. The second kappa shape index (κ2) is 10.9. The van der Waals surface area contributed by atoms with E-state index in [0.29, 0.717) is 44.2 Å². The molecular formula is C24H29F4N3O3S. The number of nitrogens with one attached hydrogen (secondary N) is 1. The second-order valence-electron chi connectivity index (χ2n) is 8.75. The average Bonchev–Trinajstić information content (AvgIpc) is 2.79. The van der Waals surface area contributed by atoms with E-state index in [2.05, 4.69) is 5.32 Å². The fraction of sp³-hybridized carbons (Fsp3) is 0.458. The molecule has 0 aliphatic carbocycles. The molecule has 35 heavy (non-hydrogen) atoms. The van der Waals surface area contributed by atoms with Crippen molar-refractivity contribution in [3.05, 3.63) is 59.9 Å². The van der Waals surface area contributed by atoms with Gasteiger partial charge in [-0.25, -0.2) is 12.8 Å². The van der Waals surface area contributed by atoms with Gasteiger partial charge in [-0.05, 0) is 63.1 Å². The SMILES string of the molecule is CC(C)N(C1CCN(C(=O)CCNc2cccc(F)c2)CC1)S(=O)(=O)c1cccc(C(F)(F)F)c1. The summed E-state index contributed by atoms with van der Waals surface area (Å²) in [6.07, 6.45) is -3.71. The maximum Gasteiger partial charge on any atom is 0.416 e. The summed E-state index contributed by atoms with van der Waals surface area (Å²) in [6.45, 7) is 4.36.